The van der Waals surface area contributed by atoms with Crippen LogP contribution in [0.4, 0.5) is 32.4 Å². The Labute approximate surface area is 158 Å². The van der Waals surface area contributed by atoms with E-state index in [0.717, 1.165) is 0 Å². The summed E-state index contributed by atoms with van der Waals surface area (Å²) in [5.41, 5.74) is -4.49. The molecule has 0 saturated heterocycles. The molecule has 0 bridgehead atoms. The molecule has 0 saturated carbocycles. The quantitative estimate of drug-likeness (QED) is 0.163. The van der Waals surface area contributed by atoms with Gasteiger partial charge in [-0.2, -0.15) is 22.0 Å². The van der Waals surface area contributed by atoms with E-state index in [1.165, 1.54) is 0 Å². The highest BCUT2D eigenvalue weighted by molar-refractivity contribution is 6.21. The molecule has 0 N–H and O–H groups in total. The minimum absolute atomic E-state index is 0.000231. The Morgan fingerprint density at radius 2 is 2.00 bits per heavy atom. The van der Waals surface area contributed by atoms with E-state index >= 15 is 0 Å². The number of hydrogen-bond acceptors (Lipinski definition) is 5. The smallest absolute Gasteiger partial charge is 0.420 e. The molecule has 152 valence electrons. The first-order chi connectivity index (χ1) is 12.9. The number of carbonyl (C=O) groups is 1. The summed E-state index contributed by atoms with van der Waals surface area (Å²) in [6.07, 6.45) is -3.14. The van der Waals surface area contributed by atoms with Crippen molar-refractivity contribution in [3.8, 4) is 0 Å². The molecule has 0 radical (unpaired) electrons. The van der Waals surface area contributed by atoms with E-state index in [0.29, 0.717) is 0 Å². The SMILES string of the molecule is CC=CCCOC(=O)n1c(C(F)(F)Cl)nc2c([N+](=O)[O-])cc(C(F)(F)F)cc21. The highest BCUT2D eigenvalue weighted by atomic mass is 35.5. The zero-order chi connectivity index (χ0) is 21.3. The molecule has 0 amide bonds. The molecular weight excluding hydrogens is 417 g/mol. The molecule has 28 heavy (non-hydrogen) atoms. The van der Waals surface area contributed by atoms with Crippen molar-refractivity contribution in [3.05, 3.63) is 45.8 Å². The van der Waals surface area contributed by atoms with Gasteiger partial charge in [0.15, 0.2) is 5.52 Å². The first kappa shape index (κ1) is 21.5. The van der Waals surface area contributed by atoms with Crippen LogP contribution in [0, 0.1) is 10.1 Å². The van der Waals surface area contributed by atoms with Gasteiger partial charge in [0.25, 0.3) is 5.69 Å². The molecule has 1 aromatic carbocycles. The van der Waals surface area contributed by atoms with Crippen molar-refractivity contribution in [2.45, 2.75) is 24.9 Å². The van der Waals surface area contributed by atoms with E-state index < -0.39 is 50.7 Å². The Morgan fingerprint density at radius 3 is 2.50 bits per heavy atom. The molecular formula is C15H11ClF5N3O4. The van der Waals surface area contributed by atoms with Gasteiger partial charge in [0.2, 0.25) is 5.82 Å². The number of ether oxygens (including phenoxy) is 1. The second-order valence-corrected chi connectivity index (χ2v) is 5.83. The maximum absolute atomic E-state index is 13.7. The molecule has 0 spiro atoms. The normalized spacial score (nSPS) is 12.7. The van der Waals surface area contributed by atoms with Crippen LogP contribution in [0.2, 0.25) is 0 Å². The second kappa shape index (κ2) is 7.70. The molecule has 0 aliphatic heterocycles. The fourth-order valence-corrected chi connectivity index (χ4v) is 2.41. The molecule has 0 aliphatic carbocycles. The number of carbonyl (C=O) groups excluding carboxylic acids is 1. The lowest BCUT2D eigenvalue weighted by Gasteiger charge is -2.12. The Bertz CT molecular complexity index is 950. The summed E-state index contributed by atoms with van der Waals surface area (Å²) in [6, 6.07) is 0.419. The van der Waals surface area contributed by atoms with E-state index in [4.69, 9.17) is 16.3 Å². The molecule has 1 aromatic heterocycles. The highest BCUT2D eigenvalue weighted by Crippen LogP contribution is 2.40. The summed E-state index contributed by atoms with van der Waals surface area (Å²) in [5, 5.41) is 6.81. The van der Waals surface area contributed by atoms with Gasteiger partial charge in [0, 0.05) is 6.07 Å². The number of imidazole rings is 1. The number of alkyl halides is 6. The lowest BCUT2D eigenvalue weighted by molar-refractivity contribution is -0.383. The zero-order valence-corrected chi connectivity index (χ0v) is 14.7. The van der Waals surface area contributed by atoms with Crippen LogP contribution < -0.4 is 0 Å². The number of hydrogen-bond donors (Lipinski definition) is 0. The van der Waals surface area contributed by atoms with Crippen molar-refractivity contribution in [1.29, 1.82) is 0 Å². The monoisotopic (exact) mass is 427 g/mol. The summed E-state index contributed by atoms with van der Waals surface area (Å²) in [4.78, 5) is 25.4. The minimum Gasteiger partial charge on any atom is -0.449 e. The van der Waals surface area contributed by atoms with Crippen molar-refractivity contribution in [2.75, 3.05) is 6.61 Å². The molecule has 0 atom stereocenters. The van der Waals surface area contributed by atoms with Gasteiger partial charge in [-0.1, -0.05) is 12.2 Å². The summed E-state index contributed by atoms with van der Waals surface area (Å²) in [5.74, 6) is -1.50. The molecule has 2 aromatic rings. The van der Waals surface area contributed by atoms with Crippen LogP contribution in [0.5, 0.6) is 0 Å². The molecule has 1 heterocycles. The Balaban J connectivity index is 2.76. The van der Waals surface area contributed by atoms with Gasteiger partial charge in [-0.05, 0) is 31.0 Å². The van der Waals surface area contributed by atoms with Gasteiger partial charge in [-0.25, -0.2) is 14.3 Å². The van der Waals surface area contributed by atoms with Gasteiger partial charge in [-0.3, -0.25) is 10.1 Å². The van der Waals surface area contributed by atoms with E-state index in [1.54, 1.807) is 19.1 Å². The predicted octanol–water partition coefficient (Wildman–Crippen LogP) is 5.20. The van der Waals surface area contributed by atoms with Crippen LogP contribution in [-0.4, -0.2) is 27.2 Å². The van der Waals surface area contributed by atoms with Crippen molar-refractivity contribution in [3.63, 3.8) is 0 Å². The third kappa shape index (κ3) is 4.38. The third-order valence-corrected chi connectivity index (χ3v) is 3.62. The van der Waals surface area contributed by atoms with Crippen LogP contribution >= 0.6 is 11.6 Å². The van der Waals surface area contributed by atoms with Gasteiger partial charge < -0.3 is 4.74 Å². The maximum Gasteiger partial charge on any atom is 0.420 e. The van der Waals surface area contributed by atoms with Crippen molar-refractivity contribution < 1.29 is 36.4 Å². The number of non-ortho nitro benzene ring substituents is 1. The Morgan fingerprint density at radius 1 is 1.36 bits per heavy atom. The average molecular weight is 428 g/mol. The van der Waals surface area contributed by atoms with Crippen molar-refractivity contribution in [2.24, 2.45) is 0 Å². The third-order valence-electron chi connectivity index (χ3n) is 3.45. The van der Waals surface area contributed by atoms with Crippen LogP contribution in [0.1, 0.15) is 24.7 Å². The summed E-state index contributed by atoms with van der Waals surface area (Å²) < 4.78 is 71.3. The number of aromatic nitrogens is 2. The van der Waals surface area contributed by atoms with Gasteiger partial charge in [0.05, 0.1) is 22.6 Å². The van der Waals surface area contributed by atoms with Crippen LogP contribution in [0.25, 0.3) is 11.0 Å². The molecule has 0 fully saturated rings. The molecule has 0 aliphatic rings. The summed E-state index contributed by atoms with van der Waals surface area (Å²) in [6.45, 7) is 1.40. The first-order valence-electron chi connectivity index (χ1n) is 7.51. The first-order valence-corrected chi connectivity index (χ1v) is 7.89. The maximum atomic E-state index is 13.7. The summed E-state index contributed by atoms with van der Waals surface area (Å²) >= 11 is 4.90. The van der Waals surface area contributed by atoms with E-state index in [1.807, 2.05) is 0 Å². The number of rotatable bonds is 5. The van der Waals surface area contributed by atoms with Crippen LogP contribution in [0.15, 0.2) is 24.3 Å². The van der Waals surface area contributed by atoms with Gasteiger partial charge >= 0.3 is 17.7 Å². The van der Waals surface area contributed by atoms with E-state index in [9.17, 15) is 36.9 Å². The largest absolute Gasteiger partial charge is 0.449 e. The van der Waals surface area contributed by atoms with Crippen LogP contribution in [-0.2, 0) is 16.3 Å². The summed E-state index contributed by atoms with van der Waals surface area (Å²) in [7, 11) is 0. The second-order valence-electron chi connectivity index (χ2n) is 5.36. The minimum atomic E-state index is -5.05. The number of nitro benzene ring substituents is 1. The lowest BCUT2D eigenvalue weighted by atomic mass is 10.1. The topological polar surface area (TPSA) is 87.3 Å². The number of halogens is 6. The molecule has 7 nitrogen and oxygen atoms in total. The average Bonchev–Trinajstić information content (AvgIpc) is 2.96. The number of benzene rings is 1. The van der Waals surface area contributed by atoms with Crippen molar-refractivity contribution >= 4 is 34.4 Å². The van der Waals surface area contributed by atoms with Gasteiger partial charge in [-0.15, -0.1) is 0 Å². The molecule has 2 rings (SSSR count). The van der Waals surface area contributed by atoms with Crippen LogP contribution in [0.3, 0.4) is 0 Å². The van der Waals surface area contributed by atoms with E-state index in [2.05, 4.69) is 4.98 Å². The number of allylic oxidation sites excluding steroid dienone is 1. The lowest BCUT2D eigenvalue weighted by Crippen LogP contribution is -2.22. The Kier molecular flexibility index (Phi) is 5.92. The fraction of sp³-hybridized carbons (Fsp3) is 0.333. The standard InChI is InChI=1S/C15H11ClF5N3O4/c1-2-3-4-5-28-13(25)23-9-6-8(15(19,20)21)7-10(24(26)27)11(9)22-12(23)14(16,17)18/h2-3,6-7H,4-5H2,1H3. The molecule has 0 unspecified atom stereocenters. The number of nitrogens with zero attached hydrogens (tertiary/aromatic N) is 3. The number of nitro groups is 1. The van der Waals surface area contributed by atoms with Gasteiger partial charge in [0.1, 0.15) is 0 Å². The number of fused-ring (bicyclic) bond motifs is 1. The fourth-order valence-electron chi connectivity index (χ4n) is 2.28. The highest BCUT2D eigenvalue weighted by Gasteiger charge is 2.41. The molecule has 13 heteroatoms. The zero-order valence-electron chi connectivity index (χ0n) is 14.0. The Hall–Kier alpha value is -2.76. The van der Waals surface area contributed by atoms with Crippen molar-refractivity contribution in [1.82, 2.24) is 9.55 Å². The van der Waals surface area contributed by atoms with E-state index in [-0.39, 0.29) is 29.7 Å². The predicted molar refractivity (Wildman–Crippen MR) is 87.3 cm³/mol.